The smallest absolute Gasteiger partial charge is 0.277 e. The molecular weight excluding hydrogens is 466 g/mol. The largest absolute Gasteiger partial charge is 0.416 e. The number of benzene rings is 2. The molecule has 0 spiro atoms. The fourth-order valence-corrected chi connectivity index (χ4v) is 4.48. The Morgan fingerprint density at radius 2 is 1.91 bits per heavy atom. The van der Waals surface area contributed by atoms with Gasteiger partial charge in [-0.25, -0.2) is 13.8 Å². The lowest BCUT2D eigenvalue weighted by molar-refractivity contribution is -0.115. The van der Waals surface area contributed by atoms with Gasteiger partial charge < -0.3 is 9.73 Å². The first kappa shape index (κ1) is 23.1. The summed E-state index contributed by atoms with van der Waals surface area (Å²) in [5.74, 6) is -1.43. The van der Waals surface area contributed by atoms with Crippen molar-refractivity contribution >= 4 is 34.1 Å². The van der Waals surface area contributed by atoms with Gasteiger partial charge in [0, 0.05) is 17.4 Å². The monoisotopic (exact) mass is 486 g/mol. The summed E-state index contributed by atoms with van der Waals surface area (Å²) in [6, 6.07) is 13.6. The van der Waals surface area contributed by atoms with Gasteiger partial charge >= 0.3 is 0 Å². The second-order valence-corrected chi connectivity index (χ2v) is 9.54. The lowest BCUT2D eigenvalue weighted by atomic mass is 9.98. The van der Waals surface area contributed by atoms with Crippen LogP contribution in [0.2, 0.25) is 0 Å². The van der Waals surface area contributed by atoms with Crippen LogP contribution in [0, 0.1) is 11.6 Å². The lowest BCUT2D eigenvalue weighted by Crippen LogP contribution is -2.22. The molecule has 0 aliphatic carbocycles. The summed E-state index contributed by atoms with van der Waals surface area (Å²) in [6.07, 6.45) is 0.601. The van der Waals surface area contributed by atoms with E-state index in [1.807, 2.05) is 18.2 Å². The van der Waals surface area contributed by atoms with E-state index in [1.54, 1.807) is 12.3 Å². The molecule has 0 aliphatic heterocycles. The molecule has 2 aromatic carbocycles. The third kappa shape index (κ3) is 5.82. The first-order valence-electron chi connectivity index (χ1n) is 10.1. The van der Waals surface area contributed by atoms with Gasteiger partial charge in [0.25, 0.3) is 5.22 Å². The molecule has 2 atom stereocenters. The lowest BCUT2D eigenvalue weighted by Gasteiger charge is -2.09. The Hall–Kier alpha value is -3.11. The van der Waals surface area contributed by atoms with Crippen LogP contribution in [0.3, 0.4) is 0 Å². The predicted molar refractivity (Wildman–Crippen MR) is 124 cm³/mol. The van der Waals surface area contributed by atoms with E-state index in [0.29, 0.717) is 33.9 Å². The van der Waals surface area contributed by atoms with E-state index in [0.717, 1.165) is 23.9 Å². The maximum absolute atomic E-state index is 13.5. The normalized spacial score (nSPS) is 13.0. The molecule has 6 nitrogen and oxygen atoms in total. The second kappa shape index (κ2) is 10.2. The SMILES string of the molecule is CC(Sc1nnc(CC(C)c2ccccc2)o1)C(=O)Nc1nc(-c2ccc(F)c(F)c2)cs1. The molecule has 0 bridgehead atoms. The molecule has 33 heavy (non-hydrogen) atoms. The van der Waals surface area contributed by atoms with Crippen LogP contribution in [0.25, 0.3) is 11.3 Å². The van der Waals surface area contributed by atoms with Gasteiger partial charge in [0.05, 0.1) is 10.9 Å². The van der Waals surface area contributed by atoms with E-state index >= 15 is 0 Å². The van der Waals surface area contributed by atoms with E-state index in [1.165, 1.54) is 23.0 Å². The molecule has 2 unspecified atom stereocenters. The summed E-state index contributed by atoms with van der Waals surface area (Å²) in [5, 5.41) is 12.7. The third-order valence-electron chi connectivity index (χ3n) is 4.89. The molecule has 0 saturated carbocycles. The minimum absolute atomic E-state index is 0.221. The average Bonchev–Trinajstić information content (AvgIpc) is 3.45. The molecule has 1 N–H and O–H groups in total. The number of aromatic nitrogens is 3. The molecule has 2 aromatic heterocycles. The molecule has 0 aliphatic rings. The Labute approximate surface area is 197 Å². The number of carbonyl (C=O) groups excluding carboxylic acids is 1. The van der Waals surface area contributed by atoms with Crippen molar-refractivity contribution in [2.45, 2.75) is 36.7 Å². The maximum atomic E-state index is 13.5. The van der Waals surface area contributed by atoms with Crippen LogP contribution in [0.4, 0.5) is 13.9 Å². The van der Waals surface area contributed by atoms with Crippen molar-refractivity contribution < 1.29 is 18.0 Å². The molecule has 0 radical (unpaired) electrons. The highest BCUT2D eigenvalue weighted by molar-refractivity contribution is 8.00. The number of carbonyl (C=O) groups is 1. The van der Waals surface area contributed by atoms with Crippen LogP contribution in [0.5, 0.6) is 0 Å². The zero-order chi connectivity index (χ0) is 23.4. The summed E-state index contributed by atoms with van der Waals surface area (Å²) >= 11 is 2.35. The molecule has 10 heteroatoms. The Bertz CT molecular complexity index is 1250. The topological polar surface area (TPSA) is 80.9 Å². The first-order chi connectivity index (χ1) is 15.9. The van der Waals surface area contributed by atoms with Crippen molar-refractivity contribution in [3.8, 4) is 11.3 Å². The fourth-order valence-electron chi connectivity index (χ4n) is 3.06. The van der Waals surface area contributed by atoms with Crippen molar-refractivity contribution in [1.82, 2.24) is 15.2 Å². The highest BCUT2D eigenvalue weighted by Crippen LogP contribution is 2.28. The molecule has 0 fully saturated rings. The second-order valence-electron chi connectivity index (χ2n) is 7.39. The van der Waals surface area contributed by atoms with Gasteiger partial charge in [-0.1, -0.05) is 49.0 Å². The van der Waals surface area contributed by atoms with Gasteiger partial charge in [-0.2, -0.15) is 0 Å². The number of nitrogens with one attached hydrogen (secondary N) is 1. The van der Waals surface area contributed by atoms with Crippen molar-refractivity contribution in [3.63, 3.8) is 0 Å². The zero-order valence-electron chi connectivity index (χ0n) is 17.8. The summed E-state index contributed by atoms with van der Waals surface area (Å²) < 4.78 is 32.3. The zero-order valence-corrected chi connectivity index (χ0v) is 19.4. The molecule has 0 saturated heterocycles. The number of hydrogen-bond donors (Lipinski definition) is 1. The Morgan fingerprint density at radius 3 is 2.67 bits per heavy atom. The van der Waals surface area contributed by atoms with Gasteiger partial charge in [-0.15, -0.1) is 21.5 Å². The Morgan fingerprint density at radius 1 is 1.12 bits per heavy atom. The van der Waals surface area contributed by atoms with Gasteiger partial charge in [-0.3, -0.25) is 4.79 Å². The van der Waals surface area contributed by atoms with E-state index in [4.69, 9.17) is 4.42 Å². The van der Waals surface area contributed by atoms with Crippen LogP contribution < -0.4 is 5.32 Å². The summed E-state index contributed by atoms with van der Waals surface area (Å²) in [6.45, 7) is 3.81. The first-order valence-corrected chi connectivity index (χ1v) is 11.9. The number of rotatable bonds is 8. The molecule has 2 heterocycles. The van der Waals surface area contributed by atoms with Crippen LogP contribution in [0.15, 0.2) is 63.6 Å². The van der Waals surface area contributed by atoms with Gasteiger partial charge in [0.2, 0.25) is 11.8 Å². The quantitative estimate of drug-likeness (QED) is 0.311. The Kier molecular flexibility index (Phi) is 7.14. The number of nitrogens with zero attached hydrogens (tertiary/aromatic N) is 3. The minimum atomic E-state index is -0.951. The van der Waals surface area contributed by atoms with E-state index < -0.39 is 16.9 Å². The van der Waals surface area contributed by atoms with Crippen LogP contribution >= 0.6 is 23.1 Å². The van der Waals surface area contributed by atoms with Crippen molar-refractivity contribution in [1.29, 1.82) is 0 Å². The minimum Gasteiger partial charge on any atom is -0.416 e. The molecule has 170 valence electrons. The van der Waals surface area contributed by atoms with Crippen molar-refractivity contribution in [3.05, 3.63) is 77.0 Å². The molecule has 1 amide bonds. The van der Waals surface area contributed by atoms with E-state index in [9.17, 15) is 13.6 Å². The maximum Gasteiger partial charge on any atom is 0.277 e. The summed E-state index contributed by atoms with van der Waals surface area (Å²) in [5.41, 5.74) is 2.06. The van der Waals surface area contributed by atoms with Crippen LogP contribution in [0.1, 0.15) is 31.2 Å². The molecule has 4 aromatic rings. The number of thiazole rings is 1. The van der Waals surface area contributed by atoms with Crippen molar-refractivity contribution in [2.24, 2.45) is 0 Å². The number of thioether (sulfide) groups is 1. The van der Waals surface area contributed by atoms with Gasteiger partial charge in [-0.05, 0) is 36.6 Å². The summed E-state index contributed by atoms with van der Waals surface area (Å²) in [4.78, 5) is 16.8. The fraction of sp³-hybridized carbons (Fsp3) is 0.217. The number of anilines is 1. The molecular formula is C23H20F2N4O2S2. The summed E-state index contributed by atoms with van der Waals surface area (Å²) in [7, 11) is 0. The molecule has 4 rings (SSSR count). The van der Waals surface area contributed by atoms with Gasteiger partial charge in [0.15, 0.2) is 16.8 Å². The number of amides is 1. The van der Waals surface area contributed by atoms with Crippen LogP contribution in [-0.4, -0.2) is 26.3 Å². The number of halogens is 2. The average molecular weight is 487 g/mol. The van der Waals surface area contributed by atoms with E-state index in [-0.39, 0.29) is 11.8 Å². The Balaban J connectivity index is 1.33. The highest BCUT2D eigenvalue weighted by atomic mass is 32.2. The van der Waals surface area contributed by atoms with Crippen LogP contribution in [-0.2, 0) is 11.2 Å². The van der Waals surface area contributed by atoms with E-state index in [2.05, 4.69) is 39.6 Å². The predicted octanol–water partition coefficient (Wildman–Crippen LogP) is 5.94. The van der Waals surface area contributed by atoms with Gasteiger partial charge in [0.1, 0.15) is 0 Å². The highest BCUT2D eigenvalue weighted by Gasteiger charge is 2.20. The number of hydrogen-bond acceptors (Lipinski definition) is 7. The third-order valence-corrected chi connectivity index (χ3v) is 6.59. The standard InChI is InChI=1S/C23H20F2N4O2S2/c1-13(15-6-4-3-5-7-15)10-20-28-29-23(31-20)33-14(2)21(30)27-22-26-19(12-32-22)16-8-9-17(24)18(25)11-16/h3-9,11-14H,10H2,1-2H3,(H,26,27,30). The van der Waals surface area contributed by atoms with Crippen molar-refractivity contribution in [2.75, 3.05) is 5.32 Å².